The quantitative estimate of drug-likeness (QED) is 0.889. The molecule has 4 nitrogen and oxygen atoms in total. The van der Waals surface area contributed by atoms with Gasteiger partial charge >= 0.3 is 0 Å². The van der Waals surface area contributed by atoms with Gasteiger partial charge in [-0.25, -0.2) is 9.97 Å². The molecule has 1 fully saturated rings. The molecule has 0 saturated heterocycles. The second kappa shape index (κ2) is 4.75. The zero-order valence-electron chi connectivity index (χ0n) is 11.9. The first-order valence-electron chi connectivity index (χ1n) is 7.35. The lowest BCUT2D eigenvalue weighted by Crippen LogP contribution is -2.36. The molecule has 0 aliphatic heterocycles. The summed E-state index contributed by atoms with van der Waals surface area (Å²) in [6, 6.07) is 0. The highest BCUT2D eigenvalue weighted by Gasteiger charge is 2.40. The average molecular weight is 261 g/mol. The molecule has 2 aliphatic carbocycles. The lowest BCUT2D eigenvalue weighted by atomic mass is 9.78. The highest BCUT2D eigenvalue weighted by Crippen LogP contribution is 2.42. The van der Waals surface area contributed by atoms with E-state index in [2.05, 4.69) is 11.9 Å². The maximum atomic E-state index is 6.12. The Morgan fingerprint density at radius 3 is 2.84 bits per heavy atom. The van der Waals surface area contributed by atoms with E-state index in [1.165, 1.54) is 18.4 Å². The number of nitrogen functional groups attached to an aromatic ring is 1. The number of hydrogen-bond donors (Lipinski definition) is 1. The number of methoxy groups -OCH3 is 1. The van der Waals surface area contributed by atoms with E-state index >= 15 is 0 Å². The predicted molar refractivity (Wildman–Crippen MR) is 74.8 cm³/mol. The minimum Gasteiger partial charge on any atom is -0.383 e. The number of fused-ring (bicyclic) bond motifs is 1. The Balaban J connectivity index is 2.02. The van der Waals surface area contributed by atoms with Crippen molar-refractivity contribution >= 4 is 5.82 Å². The highest BCUT2D eigenvalue weighted by molar-refractivity contribution is 5.45. The number of rotatable bonds is 2. The van der Waals surface area contributed by atoms with Crippen molar-refractivity contribution in [2.24, 2.45) is 5.92 Å². The van der Waals surface area contributed by atoms with E-state index in [1.807, 2.05) is 0 Å². The fourth-order valence-corrected chi connectivity index (χ4v) is 3.65. The first kappa shape index (κ1) is 12.9. The maximum absolute atomic E-state index is 6.12. The van der Waals surface area contributed by atoms with E-state index in [1.54, 1.807) is 7.11 Å². The molecular formula is C15H23N3O. The van der Waals surface area contributed by atoms with Gasteiger partial charge in [0.05, 0.1) is 0 Å². The minimum absolute atomic E-state index is 0.316. The number of aromatic nitrogens is 2. The molecule has 0 amide bonds. The van der Waals surface area contributed by atoms with Gasteiger partial charge in [-0.15, -0.1) is 0 Å². The largest absolute Gasteiger partial charge is 0.383 e. The van der Waals surface area contributed by atoms with Crippen molar-refractivity contribution in [1.29, 1.82) is 0 Å². The van der Waals surface area contributed by atoms with Crippen LogP contribution in [0.1, 0.15) is 56.1 Å². The zero-order valence-corrected chi connectivity index (χ0v) is 11.9. The molecule has 0 aromatic carbocycles. The van der Waals surface area contributed by atoms with Crippen LogP contribution in [-0.2, 0) is 23.2 Å². The van der Waals surface area contributed by atoms with Crippen LogP contribution in [0.25, 0.3) is 0 Å². The molecule has 0 spiro atoms. The van der Waals surface area contributed by atoms with Crippen LogP contribution in [0, 0.1) is 5.92 Å². The lowest BCUT2D eigenvalue weighted by molar-refractivity contribution is -0.0646. The minimum atomic E-state index is -0.316. The third kappa shape index (κ3) is 2.12. The van der Waals surface area contributed by atoms with Crippen LogP contribution in [0.15, 0.2) is 0 Å². The summed E-state index contributed by atoms with van der Waals surface area (Å²) < 4.78 is 5.87. The van der Waals surface area contributed by atoms with Crippen molar-refractivity contribution in [3.8, 4) is 0 Å². The van der Waals surface area contributed by atoms with Crippen LogP contribution < -0.4 is 5.73 Å². The van der Waals surface area contributed by atoms with E-state index in [9.17, 15) is 0 Å². The van der Waals surface area contributed by atoms with Gasteiger partial charge in [0.1, 0.15) is 11.4 Å². The van der Waals surface area contributed by atoms with E-state index in [-0.39, 0.29) is 5.60 Å². The van der Waals surface area contributed by atoms with E-state index < -0.39 is 0 Å². The summed E-state index contributed by atoms with van der Waals surface area (Å²) in [5, 5.41) is 0. The fourth-order valence-electron chi connectivity index (χ4n) is 3.65. The maximum Gasteiger partial charge on any atom is 0.162 e. The Kier molecular flexibility index (Phi) is 3.21. The third-order valence-corrected chi connectivity index (χ3v) is 4.72. The van der Waals surface area contributed by atoms with E-state index in [0.717, 1.165) is 43.6 Å². The van der Waals surface area contributed by atoms with Crippen molar-refractivity contribution in [3.63, 3.8) is 0 Å². The van der Waals surface area contributed by atoms with Crippen LogP contribution >= 0.6 is 0 Å². The number of nitrogens with zero attached hydrogens (tertiary/aromatic N) is 2. The van der Waals surface area contributed by atoms with Crippen molar-refractivity contribution < 1.29 is 4.74 Å². The molecule has 104 valence electrons. The van der Waals surface area contributed by atoms with E-state index in [0.29, 0.717) is 11.7 Å². The van der Waals surface area contributed by atoms with Crippen molar-refractivity contribution in [1.82, 2.24) is 9.97 Å². The van der Waals surface area contributed by atoms with E-state index in [4.69, 9.17) is 15.5 Å². The smallest absolute Gasteiger partial charge is 0.162 e. The van der Waals surface area contributed by atoms with Crippen LogP contribution in [0.2, 0.25) is 0 Å². The predicted octanol–water partition coefficient (Wildman–Crippen LogP) is 2.60. The summed E-state index contributed by atoms with van der Waals surface area (Å²) in [5.41, 5.74) is 8.12. The van der Waals surface area contributed by atoms with Gasteiger partial charge in [0.2, 0.25) is 0 Å². The summed E-state index contributed by atoms with van der Waals surface area (Å²) in [4.78, 5) is 9.39. The average Bonchev–Trinajstić information content (AvgIpc) is 2.87. The normalized spacial score (nSPS) is 30.3. The molecule has 1 saturated carbocycles. The van der Waals surface area contributed by atoms with Crippen molar-refractivity contribution in [2.75, 3.05) is 12.8 Å². The molecule has 1 aromatic rings. The van der Waals surface area contributed by atoms with Crippen LogP contribution in [0.5, 0.6) is 0 Å². The number of nitrogens with two attached hydrogens (primary N) is 1. The molecule has 0 radical (unpaired) electrons. The van der Waals surface area contributed by atoms with Crippen molar-refractivity contribution in [2.45, 2.75) is 57.5 Å². The highest BCUT2D eigenvalue weighted by atomic mass is 16.5. The summed E-state index contributed by atoms with van der Waals surface area (Å²) in [6.45, 7) is 2.28. The summed E-state index contributed by atoms with van der Waals surface area (Å²) >= 11 is 0. The van der Waals surface area contributed by atoms with Crippen LogP contribution in [-0.4, -0.2) is 17.1 Å². The number of ether oxygens (including phenoxy) is 1. The van der Waals surface area contributed by atoms with Gasteiger partial charge in [-0.3, -0.25) is 0 Å². The second-order valence-corrected chi connectivity index (χ2v) is 6.11. The molecule has 19 heavy (non-hydrogen) atoms. The standard InChI is InChI=1S/C15H23N3O/c1-10-5-4-8-15(9-10,19-2)14-17-12-7-3-6-11(12)13(16)18-14/h10H,3-9H2,1-2H3,(H2,16,17,18). The molecule has 2 unspecified atom stereocenters. The third-order valence-electron chi connectivity index (χ3n) is 4.72. The first-order chi connectivity index (χ1) is 9.14. The number of hydrogen-bond acceptors (Lipinski definition) is 4. The Bertz CT molecular complexity index is 489. The van der Waals surface area contributed by atoms with Crippen LogP contribution in [0.3, 0.4) is 0 Å². The molecule has 2 N–H and O–H groups in total. The molecule has 3 rings (SSSR count). The Hall–Kier alpha value is -1.16. The summed E-state index contributed by atoms with van der Waals surface area (Å²) in [6.07, 6.45) is 7.66. The molecule has 4 heteroatoms. The van der Waals surface area contributed by atoms with Crippen molar-refractivity contribution in [3.05, 3.63) is 17.1 Å². The SMILES string of the molecule is COC1(c2nc(N)c3c(n2)CCC3)CCCC(C)C1. The van der Waals surface area contributed by atoms with Crippen LogP contribution in [0.4, 0.5) is 5.82 Å². The fraction of sp³-hybridized carbons (Fsp3) is 0.733. The molecular weight excluding hydrogens is 238 g/mol. The zero-order chi connectivity index (χ0) is 13.5. The van der Waals surface area contributed by atoms with Gasteiger partial charge in [-0.05, 0) is 44.4 Å². The molecule has 0 bridgehead atoms. The van der Waals surface area contributed by atoms with Gasteiger partial charge in [0.25, 0.3) is 0 Å². The Labute approximate surface area is 114 Å². The van der Waals surface area contributed by atoms with Gasteiger partial charge in [0, 0.05) is 18.4 Å². The lowest BCUT2D eigenvalue weighted by Gasteiger charge is -2.37. The van der Waals surface area contributed by atoms with Gasteiger partial charge < -0.3 is 10.5 Å². The summed E-state index contributed by atoms with van der Waals surface area (Å²) in [5.74, 6) is 2.15. The number of anilines is 1. The molecule has 1 heterocycles. The monoisotopic (exact) mass is 261 g/mol. The molecule has 2 atom stereocenters. The van der Waals surface area contributed by atoms with Gasteiger partial charge in [-0.2, -0.15) is 0 Å². The number of aryl methyl sites for hydroxylation is 1. The second-order valence-electron chi connectivity index (χ2n) is 6.11. The van der Waals surface area contributed by atoms with Gasteiger partial charge in [-0.1, -0.05) is 13.3 Å². The molecule has 2 aliphatic rings. The first-order valence-corrected chi connectivity index (χ1v) is 7.35. The Morgan fingerprint density at radius 1 is 1.26 bits per heavy atom. The molecule has 1 aromatic heterocycles. The van der Waals surface area contributed by atoms with Gasteiger partial charge in [0.15, 0.2) is 5.82 Å². The topological polar surface area (TPSA) is 61.0 Å². The Morgan fingerprint density at radius 2 is 2.11 bits per heavy atom. The summed E-state index contributed by atoms with van der Waals surface area (Å²) in [7, 11) is 1.78.